The van der Waals surface area contributed by atoms with Gasteiger partial charge in [0, 0.05) is 31.9 Å². The van der Waals surface area contributed by atoms with E-state index in [0.717, 1.165) is 23.2 Å². The zero-order valence-electron chi connectivity index (χ0n) is 23.1. The van der Waals surface area contributed by atoms with Crippen molar-refractivity contribution in [2.24, 2.45) is 11.8 Å². The molecule has 3 aliphatic heterocycles. The molecule has 1 N–H and O–H groups in total. The molecule has 0 aromatic heterocycles. The lowest BCUT2D eigenvalue weighted by Gasteiger charge is -2.37. The van der Waals surface area contributed by atoms with E-state index in [4.69, 9.17) is 4.74 Å². The largest absolute Gasteiger partial charge is 0.395 e. The van der Waals surface area contributed by atoms with E-state index in [9.17, 15) is 19.5 Å². The quantitative estimate of drug-likeness (QED) is 0.451. The molecule has 1 spiro atoms. The molecule has 4 rings (SSSR count). The first-order chi connectivity index (χ1) is 18.1. The van der Waals surface area contributed by atoms with Gasteiger partial charge in [0.05, 0.1) is 24.0 Å². The summed E-state index contributed by atoms with van der Waals surface area (Å²) in [5.41, 5.74) is 0.656. The van der Waals surface area contributed by atoms with Crippen molar-refractivity contribution in [1.29, 1.82) is 0 Å². The van der Waals surface area contributed by atoms with Gasteiger partial charge in [-0.15, -0.1) is 13.2 Å². The van der Waals surface area contributed by atoms with Gasteiger partial charge in [0.2, 0.25) is 11.8 Å². The predicted octanol–water partition coefficient (Wildman–Crippen LogP) is 3.00. The van der Waals surface area contributed by atoms with Crippen molar-refractivity contribution >= 4 is 23.4 Å². The molecule has 5 atom stereocenters. The van der Waals surface area contributed by atoms with Crippen LogP contribution in [-0.4, -0.2) is 82.7 Å². The Labute approximate surface area is 225 Å². The van der Waals surface area contributed by atoms with Gasteiger partial charge in [0.15, 0.2) is 0 Å². The maximum atomic E-state index is 14.5. The fourth-order valence-electron chi connectivity index (χ4n) is 7.14. The molecule has 0 aliphatic carbocycles. The summed E-state index contributed by atoms with van der Waals surface area (Å²) >= 11 is 0. The van der Waals surface area contributed by atoms with E-state index in [0.29, 0.717) is 25.9 Å². The molecule has 1 aromatic rings. The number of para-hydroxylation sites is 1. The first kappa shape index (κ1) is 28.0. The normalized spacial score (nSPS) is 29.3. The van der Waals surface area contributed by atoms with Crippen LogP contribution in [0.2, 0.25) is 0 Å². The molecule has 3 saturated heterocycles. The van der Waals surface area contributed by atoms with E-state index in [1.807, 2.05) is 45.9 Å². The Morgan fingerprint density at radius 1 is 1.16 bits per heavy atom. The highest BCUT2D eigenvalue weighted by Gasteiger charge is 2.78. The summed E-state index contributed by atoms with van der Waals surface area (Å²) < 4.78 is 6.73. The van der Waals surface area contributed by atoms with Crippen molar-refractivity contribution in [3.63, 3.8) is 0 Å². The number of aliphatic hydroxyl groups excluding tert-OH is 1. The summed E-state index contributed by atoms with van der Waals surface area (Å²) in [6.07, 6.45) is 5.20. The molecule has 2 bridgehead atoms. The number of aryl methyl sites for hydroxylation is 2. The van der Waals surface area contributed by atoms with Crippen molar-refractivity contribution in [2.75, 3.05) is 37.7 Å². The topological polar surface area (TPSA) is 90.4 Å². The number of hydrogen-bond donors (Lipinski definition) is 1. The van der Waals surface area contributed by atoms with E-state index in [1.54, 1.807) is 22.0 Å². The molecule has 2 unspecified atom stereocenters. The predicted molar refractivity (Wildman–Crippen MR) is 147 cm³/mol. The van der Waals surface area contributed by atoms with Crippen LogP contribution in [0.4, 0.5) is 5.69 Å². The Bertz CT molecular complexity index is 1110. The van der Waals surface area contributed by atoms with Crippen molar-refractivity contribution in [3.8, 4) is 0 Å². The fourth-order valence-corrected chi connectivity index (χ4v) is 7.14. The van der Waals surface area contributed by atoms with Gasteiger partial charge < -0.3 is 24.5 Å². The number of fused-ring (bicyclic) bond motifs is 1. The average Bonchev–Trinajstić information content (AvgIpc) is 3.43. The van der Waals surface area contributed by atoms with Crippen LogP contribution in [0.3, 0.4) is 0 Å². The standard InChI is InChI=1S/C30H41N3O5/c1-7-15-31(16-8-2)26(35)22-23-27(36)33(18-19-34)25(30(23)14-13-29(22,6)38-30)28(37)32(17-9-3)24-20(4)11-10-12-21(24)5/h7,9-12,22-23,25,34H,1,3,8,13-19H2,2,4-6H3/t22-,23-,25?,29+,30?/m0/s1. The van der Waals surface area contributed by atoms with Gasteiger partial charge in [0.25, 0.3) is 5.91 Å². The van der Waals surface area contributed by atoms with Gasteiger partial charge in [0.1, 0.15) is 11.6 Å². The second-order valence-electron chi connectivity index (χ2n) is 11.0. The Morgan fingerprint density at radius 2 is 1.82 bits per heavy atom. The summed E-state index contributed by atoms with van der Waals surface area (Å²) in [5, 5.41) is 9.91. The molecular weight excluding hydrogens is 482 g/mol. The van der Waals surface area contributed by atoms with Gasteiger partial charge in [-0.2, -0.15) is 0 Å². The zero-order chi connectivity index (χ0) is 27.8. The lowest BCUT2D eigenvalue weighted by Crippen LogP contribution is -2.57. The zero-order valence-corrected chi connectivity index (χ0v) is 23.1. The van der Waals surface area contributed by atoms with Gasteiger partial charge in [-0.25, -0.2) is 0 Å². The Balaban J connectivity index is 1.82. The average molecular weight is 524 g/mol. The van der Waals surface area contributed by atoms with E-state index in [1.165, 1.54) is 4.90 Å². The van der Waals surface area contributed by atoms with E-state index in [-0.39, 0.29) is 37.4 Å². The van der Waals surface area contributed by atoms with Crippen molar-refractivity contribution in [3.05, 3.63) is 54.6 Å². The third kappa shape index (κ3) is 4.18. The number of aliphatic hydroxyl groups is 1. The Hall–Kier alpha value is -2.97. The number of benzene rings is 1. The third-order valence-corrected chi connectivity index (χ3v) is 8.56. The van der Waals surface area contributed by atoms with E-state index >= 15 is 0 Å². The van der Waals surface area contributed by atoms with Crippen molar-refractivity contribution in [1.82, 2.24) is 9.80 Å². The monoisotopic (exact) mass is 523 g/mol. The summed E-state index contributed by atoms with van der Waals surface area (Å²) in [4.78, 5) is 47.4. The molecule has 38 heavy (non-hydrogen) atoms. The highest BCUT2D eigenvalue weighted by molar-refractivity contribution is 6.05. The van der Waals surface area contributed by atoms with Crippen LogP contribution in [-0.2, 0) is 19.1 Å². The molecule has 8 nitrogen and oxygen atoms in total. The number of β-amino-alcohol motifs (C(OH)–C–C–N with tert-alkyl or cyclic N) is 1. The number of amides is 3. The second kappa shape index (κ2) is 10.7. The summed E-state index contributed by atoms with van der Waals surface area (Å²) in [5.74, 6) is -2.21. The van der Waals surface area contributed by atoms with Gasteiger partial charge in [-0.05, 0) is 51.2 Å². The summed E-state index contributed by atoms with van der Waals surface area (Å²) in [7, 11) is 0. The van der Waals surface area contributed by atoms with Crippen LogP contribution in [0.5, 0.6) is 0 Å². The van der Waals surface area contributed by atoms with Crippen LogP contribution in [0, 0.1) is 25.7 Å². The minimum atomic E-state index is -1.14. The number of carbonyl (C=O) groups excluding carboxylic acids is 3. The highest BCUT2D eigenvalue weighted by atomic mass is 16.5. The number of hydrogen-bond acceptors (Lipinski definition) is 5. The number of anilines is 1. The number of carbonyl (C=O) groups is 3. The molecule has 0 saturated carbocycles. The van der Waals surface area contributed by atoms with Crippen LogP contribution >= 0.6 is 0 Å². The lowest BCUT2D eigenvalue weighted by atomic mass is 9.66. The van der Waals surface area contributed by atoms with Gasteiger partial charge >= 0.3 is 0 Å². The summed E-state index contributed by atoms with van der Waals surface area (Å²) in [6, 6.07) is 4.89. The van der Waals surface area contributed by atoms with Crippen molar-refractivity contribution < 1.29 is 24.2 Å². The number of rotatable bonds is 11. The number of likely N-dealkylation sites (tertiary alicyclic amines) is 1. The molecule has 8 heteroatoms. The minimum Gasteiger partial charge on any atom is -0.395 e. The second-order valence-corrected chi connectivity index (χ2v) is 11.0. The number of ether oxygens (including phenoxy) is 1. The molecule has 3 aliphatic rings. The third-order valence-electron chi connectivity index (χ3n) is 8.56. The Kier molecular flexibility index (Phi) is 7.86. The molecule has 0 radical (unpaired) electrons. The molecule has 1 aromatic carbocycles. The van der Waals surface area contributed by atoms with Crippen LogP contribution in [0.15, 0.2) is 43.5 Å². The molecule has 206 valence electrons. The van der Waals surface area contributed by atoms with Gasteiger partial charge in [-0.1, -0.05) is 37.3 Å². The fraction of sp³-hybridized carbons (Fsp3) is 0.567. The van der Waals surface area contributed by atoms with E-state index < -0.39 is 29.1 Å². The number of nitrogens with zero attached hydrogens (tertiary/aromatic N) is 3. The Morgan fingerprint density at radius 3 is 2.39 bits per heavy atom. The minimum absolute atomic E-state index is 0.00547. The maximum absolute atomic E-state index is 14.5. The highest BCUT2D eigenvalue weighted by Crippen LogP contribution is 2.63. The van der Waals surface area contributed by atoms with Crippen LogP contribution in [0.1, 0.15) is 44.2 Å². The summed E-state index contributed by atoms with van der Waals surface area (Å²) in [6.45, 7) is 16.4. The first-order valence-corrected chi connectivity index (χ1v) is 13.6. The van der Waals surface area contributed by atoms with Crippen molar-refractivity contribution in [2.45, 2.75) is 64.2 Å². The molecule has 3 amide bonds. The molecule has 3 fully saturated rings. The van der Waals surface area contributed by atoms with Crippen LogP contribution in [0.25, 0.3) is 0 Å². The first-order valence-electron chi connectivity index (χ1n) is 13.6. The SMILES string of the molecule is C=CCN(CCC)C(=O)[C@@H]1[C@H]2C(=O)N(CCO)C(C(=O)N(CC=C)c3c(C)cccc3C)C23CC[C@@]1(C)O3. The van der Waals surface area contributed by atoms with Crippen LogP contribution < -0.4 is 4.90 Å². The molecule has 3 heterocycles. The van der Waals surface area contributed by atoms with E-state index in [2.05, 4.69) is 13.2 Å². The van der Waals surface area contributed by atoms with Gasteiger partial charge in [-0.3, -0.25) is 14.4 Å². The lowest BCUT2D eigenvalue weighted by molar-refractivity contribution is -0.149. The maximum Gasteiger partial charge on any atom is 0.253 e. The molecular formula is C30H41N3O5. The smallest absolute Gasteiger partial charge is 0.253 e.